The van der Waals surface area contributed by atoms with Gasteiger partial charge in [-0.05, 0) is 37.8 Å². The van der Waals surface area contributed by atoms with Crippen molar-refractivity contribution in [2.24, 2.45) is 5.73 Å². The fourth-order valence-electron chi connectivity index (χ4n) is 4.33. The number of carbonyl (C=O) groups excluding carboxylic acids is 2. The predicted molar refractivity (Wildman–Crippen MR) is 104 cm³/mol. The quantitative estimate of drug-likeness (QED) is 0.768. The molecule has 2 heterocycles. The molecule has 27 heavy (non-hydrogen) atoms. The predicted octanol–water partition coefficient (Wildman–Crippen LogP) is 2.19. The number of aromatic nitrogens is 2. The molecule has 7 heteroatoms. The summed E-state index contributed by atoms with van der Waals surface area (Å²) in [6.07, 6.45) is 8.51. The second-order valence-electron chi connectivity index (χ2n) is 7.72. The fourth-order valence-corrected chi connectivity index (χ4v) is 4.33. The van der Waals surface area contributed by atoms with Gasteiger partial charge in [-0.2, -0.15) is 0 Å². The number of nitrogens with two attached hydrogens (primary N) is 1. The molecule has 0 bridgehead atoms. The van der Waals surface area contributed by atoms with Gasteiger partial charge in [0.15, 0.2) is 5.82 Å². The van der Waals surface area contributed by atoms with Gasteiger partial charge in [0.05, 0.1) is 11.1 Å². The van der Waals surface area contributed by atoms with Gasteiger partial charge < -0.3 is 20.9 Å². The van der Waals surface area contributed by atoms with Crippen molar-refractivity contribution in [3.63, 3.8) is 0 Å². The first kappa shape index (κ1) is 18.0. The number of imidazole rings is 1. The molecule has 1 saturated heterocycles. The highest BCUT2D eigenvalue weighted by Gasteiger charge is 2.27. The lowest BCUT2D eigenvalue weighted by Gasteiger charge is -2.35. The third kappa shape index (κ3) is 3.83. The molecule has 1 aromatic heterocycles. The molecule has 1 aromatic carbocycles. The van der Waals surface area contributed by atoms with E-state index < -0.39 is 5.91 Å². The first-order valence-electron chi connectivity index (χ1n) is 9.95. The van der Waals surface area contributed by atoms with Gasteiger partial charge in [-0.15, -0.1) is 0 Å². The van der Waals surface area contributed by atoms with Crippen molar-refractivity contribution in [2.45, 2.75) is 57.0 Å². The van der Waals surface area contributed by atoms with Crippen molar-refractivity contribution in [3.8, 4) is 0 Å². The van der Waals surface area contributed by atoms with Crippen LogP contribution in [-0.4, -0.2) is 51.9 Å². The Labute approximate surface area is 158 Å². The number of amides is 2. The molecule has 0 unspecified atom stereocenters. The number of H-pyrrole nitrogens is 1. The van der Waals surface area contributed by atoms with E-state index in [0.29, 0.717) is 28.7 Å². The third-order valence-electron chi connectivity index (χ3n) is 5.84. The van der Waals surface area contributed by atoms with Crippen molar-refractivity contribution in [1.82, 2.24) is 20.2 Å². The van der Waals surface area contributed by atoms with E-state index in [9.17, 15) is 9.59 Å². The zero-order valence-electron chi connectivity index (χ0n) is 15.5. The highest BCUT2D eigenvalue weighted by atomic mass is 16.2. The molecular formula is C20H27N5O2. The van der Waals surface area contributed by atoms with Crippen LogP contribution < -0.4 is 11.1 Å². The first-order chi connectivity index (χ1) is 13.1. The number of hydrogen-bond acceptors (Lipinski definition) is 4. The van der Waals surface area contributed by atoms with Crippen LogP contribution in [0.25, 0.3) is 11.0 Å². The van der Waals surface area contributed by atoms with E-state index in [2.05, 4.69) is 15.3 Å². The van der Waals surface area contributed by atoms with Crippen LogP contribution in [0.15, 0.2) is 18.2 Å². The number of aromatic amines is 1. The fraction of sp³-hybridized carbons (Fsp3) is 0.550. The largest absolute Gasteiger partial charge is 0.366 e. The average Bonchev–Trinajstić information content (AvgIpc) is 3.13. The molecule has 7 nitrogen and oxygen atoms in total. The number of para-hydroxylation sites is 1. The molecule has 4 rings (SSSR count). The molecule has 0 atom stereocenters. The number of nitrogens with zero attached hydrogens (tertiary/aromatic N) is 2. The van der Waals surface area contributed by atoms with Crippen LogP contribution in [0, 0.1) is 0 Å². The minimum absolute atomic E-state index is 0.113. The van der Waals surface area contributed by atoms with Crippen LogP contribution in [0.1, 0.15) is 65.9 Å². The summed E-state index contributed by atoms with van der Waals surface area (Å²) in [5.41, 5.74) is 6.85. The Morgan fingerprint density at radius 1 is 1.07 bits per heavy atom. The van der Waals surface area contributed by atoms with Crippen LogP contribution in [0.4, 0.5) is 0 Å². The number of carbonyl (C=O) groups is 2. The van der Waals surface area contributed by atoms with E-state index in [-0.39, 0.29) is 11.7 Å². The Balaban J connectivity index is 1.40. The smallest absolute Gasteiger partial charge is 0.289 e. The van der Waals surface area contributed by atoms with E-state index in [1.165, 1.54) is 32.1 Å². The highest BCUT2D eigenvalue weighted by Crippen LogP contribution is 2.21. The van der Waals surface area contributed by atoms with Crippen LogP contribution in [0.3, 0.4) is 0 Å². The summed E-state index contributed by atoms with van der Waals surface area (Å²) >= 11 is 0. The van der Waals surface area contributed by atoms with Gasteiger partial charge >= 0.3 is 0 Å². The summed E-state index contributed by atoms with van der Waals surface area (Å²) in [4.78, 5) is 33.6. The van der Waals surface area contributed by atoms with Crippen molar-refractivity contribution in [3.05, 3.63) is 29.6 Å². The van der Waals surface area contributed by atoms with Gasteiger partial charge in [0.25, 0.3) is 11.8 Å². The first-order valence-corrected chi connectivity index (χ1v) is 9.95. The third-order valence-corrected chi connectivity index (χ3v) is 5.84. The Morgan fingerprint density at radius 2 is 1.78 bits per heavy atom. The topological polar surface area (TPSA) is 104 Å². The second-order valence-corrected chi connectivity index (χ2v) is 7.72. The van der Waals surface area contributed by atoms with Crippen LogP contribution in [0.2, 0.25) is 0 Å². The summed E-state index contributed by atoms with van der Waals surface area (Å²) in [6, 6.07) is 6.30. The van der Waals surface area contributed by atoms with Crippen LogP contribution in [0.5, 0.6) is 0 Å². The van der Waals surface area contributed by atoms with Gasteiger partial charge in [0.1, 0.15) is 5.52 Å². The number of likely N-dealkylation sites (tertiary alicyclic amines) is 1. The lowest BCUT2D eigenvalue weighted by Crippen LogP contribution is -2.48. The zero-order chi connectivity index (χ0) is 18.8. The Kier molecular flexibility index (Phi) is 5.11. The molecule has 1 saturated carbocycles. The maximum atomic E-state index is 12.8. The van der Waals surface area contributed by atoms with Crippen molar-refractivity contribution in [2.75, 3.05) is 13.1 Å². The average molecular weight is 369 g/mol. The minimum atomic E-state index is -0.541. The summed E-state index contributed by atoms with van der Waals surface area (Å²) in [5, 5.41) is 3.79. The molecule has 1 aliphatic carbocycles. The van der Waals surface area contributed by atoms with E-state index >= 15 is 0 Å². The molecule has 1 aliphatic heterocycles. The van der Waals surface area contributed by atoms with Crippen molar-refractivity contribution >= 4 is 22.8 Å². The molecule has 2 fully saturated rings. The van der Waals surface area contributed by atoms with Gasteiger partial charge in [0.2, 0.25) is 0 Å². The lowest BCUT2D eigenvalue weighted by molar-refractivity contribution is 0.0688. The second kappa shape index (κ2) is 7.68. The zero-order valence-corrected chi connectivity index (χ0v) is 15.5. The molecule has 0 spiro atoms. The Hall–Kier alpha value is -2.41. The number of nitrogens with one attached hydrogen (secondary N) is 2. The van der Waals surface area contributed by atoms with Gasteiger partial charge in [-0.1, -0.05) is 25.3 Å². The van der Waals surface area contributed by atoms with E-state index in [4.69, 9.17) is 5.73 Å². The summed E-state index contributed by atoms with van der Waals surface area (Å²) in [5.74, 6) is -0.379. The standard InChI is InChI=1S/C20H27N5O2/c21-18(26)15-7-4-8-16-17(15)24-19(23-16)20(27)25-11-9-14(10-12-25)22-13-5-2-1-3-6-13/h4,7-8,13-14,22H,1-3,5-6,9-12H2,(H2,21,26)(H,23,24). The number of piperidine rings is 1. The van der Waals surface area contributed by atoms with Gasteiger partial charge in [-0.3, -0.25) is 9.59 Å². The SMILES string of the molecule is NC(=O)c1cccc2[nH]c(C(=O)N3CCC(NC4CCCCC4)CC3)nc12. The number of hydrogen-bond donors (Lipinski definition) is 3. The lowest BCUT2D eigenvalue weighted by atomic mass is 9.93. The summed E-state index contributed by atoms with van der Waals surface area (Å²) in [7, 11) is 0. The van der Waals surface area contributed by atoms with Gasteiger partial charge in [-0.25, -0.2) is 4.98 Å². The summed E-state index contributed by atoms with van der Waals surface area (Å²) in [6.45, 7) is 1.45. The summed E-state index contributed by atoms with van der Waals surface area (Å²) < 4.78 is 0. The van der Waals surface area contributed by atoms with Crippen LogP contribution >= 0.6 is 0 Å². The normalized spacial score (nSPS) is 19.5. The minimum Gasteiger partial charge on any atom is -0.366 e. The van der Waals surface area contributed by atoms with Crippen LogP contribution in [-0.2, 0) is 0 Å². The van der Waals surface area contributed by atoms with E-state index in [1.54, 1.807) is 18.2 Å². The number of primary amides is 1. The Morgan fingerprint density at radius 3 is 2.48 bits per heavy atom. The molecule has 4 N–H and O–H groups in total. The molecule has 144 valence electrons. The van der Waals surface area contributed by atoms with Crippen molar-refractivity contribution in [1.29, 1.82) is 0 Å². The monoisotopic (exact) mass is 369 g/mol. The molecule has 2 amide bonds. The van der Waals surface area contributed by atoms with Crippen molar-refractivity contribution < 1.29 is 9.59 Å². The molecule has 2 aromatic rings. The van der Waals surface area contributed by atoms with Gasteiger partial charge in [0, 0.05) is 25.2 Å². The van der Waals surface area contributed by atoms with E-state index in [0.717, 1.165) is 25.9 Å². The molecular weight excluding hydrogens is 342 g/mol. The Bertz CT molecular complexity index is 832. The maximum absolute atomic E-state index is 12.8. The van der Waals surface area contributed by atoms with E-state index in [1.807, 2.05) is 4.90 Å². The number of benzene rings is 1. The highest BCUT2D eigenvalue weighted by molar-refractivity contribution is 6.05. The maximum Gasteiger partial charge on any atom is 0.289 e. The number of fused-ring (bicyclic) bond motifs is 1. The number of rotatable bonds is 4. The molecule has 0 radical (unpaired) electrons. The molecule has 2 aliphatic rings.